The average Bonchev–Trinajstić information content (AvgIpc) is 2.22. The highest BCUT2D eigenvalue weighted by molar-refractivity contribution is 5.23. The summed E-state index contributed by atoms with van der Waals surface area (Å²) in [5.41, 5.74) is 0.599. The lowest BCUT2D eigenvalue weighted by Crippen LogP contribution is -2.20. The van der Waals surface area contributed by atoms with Crippen molar-refractivity contribution in [1.82, 2.24) is 5.32 Å². The molecule has 0 amide bonds. The Bertz CT molecular complexity index is 384. The molecule has 1 rings (SSSR count). The van der Waals surface area contributed by atoms with Gasteiger partial charge in [0.05, 0.1) is 0 Å². The third-order valence-corrected chi connectivity index (χ3v) is 2.22. The van der Waals surface area contributed by atoms with Crippen molar-refractivity contribution in [3.8, 4) is 11.8 Å². The van der Waals surface area contributed by atoms with Gasteiger partial charge in [0, 0.05) is 18.5 Å². The quantitative estimate of drug-likeness (QED) is 0.774. The minimum Gasteiger partial charge on any atom is -0.309 e. The molecule has 0 bridgehead atoms. The first-order valence-electron chi connectivity index (χ1n) is 5.26. The van der Waals surface area contributed by atoms with Gasteiger partial charge in [0.2, 0.25) is 0 Å². The zero-order valence-corrected chi connectivity index (χ0v) is 9.48. The van der Waals surface area contributed by atoms with Crippen LogP contribution >= 0.6 is 0 Å². The zero-order chi connectivity index (χ0) is 12.0. The van der Waals surface area contributed by atoms with E-state index in [1.807, 2.05) is 6.92 Å². The van der Waals surface area contributed by atoms with Crippen LogP contribution in [0.1, 0.15) is 31.9 Å². The fraction of sp³-hybridized carbons (Fsp3) is 0.385. The molecule has 0 aliphatic carbocycles. The molecular weight excluding hydrogens is 208 g/mol. The Hall–Kier alpha value is -1.40. The molecule has 1 aromatic carbocycles. The van der Waals surface area contributed by atoms with E-state index in [1.165, 1.54) is 12.1 Å². The van der Waals surface area contributed by atoms with Crippen LogP contribution in [0, 0.1) is 23.5 Å². The molecule has 1 atom stereocenters. The molecule has 0 saturated heterocycles. The second-order valence-corrected chi connectivity index (χ2v) is 3.44. The van der Waals surface area contributed by atoms with Crippen LogP contribution in [0.5, 0.6) is 0 Å². The van der Waals surface area contributed by atoms with Crippen molar-refractivity contribution in [2.75, 3.05) is 6.54 Å². The van der Waals surface area contributed by atoms with E-state index in [0.29, 0.717) is 12.0 Å². The van der Waals surface area contributed by atoms with Gasteiger partial charge in [0.25, 0.3) is 0 Å². The smallest absolute Gasteiger partial charge is 0.126 e. The highest BCUT2D eigenvalue weighted by atomic mass is 19.1. The second kappa shape index (κ2) is 6.24. The summed E-state index contributed by atoms with van der Waals surface area (Å²) in [4.78, 5) is 0. The normalized spacial score (nSPS) is 11.8. The summed E-state index contributed by atoms with van der Waals surface area (Å²) >= 11 is 0. The Labute approximate surface area is 94.9 Å². The molecule has 1 aromatic rings. The maximum atomic E-state index is 13.0. The fourth-order valence-electron chi connectivity index (χ4n) is 1.53. The van der Waals surface area contributed by atoms with Crippen LogP contribution in [-0.2, 0) is 0 Å². The predicted octanol–water partition coefficient (Wildman–Crippen LogP) is 3.03. The third kappa shape index (κ3) is 3.63. The van der Waals surface area contributed by atoms with E-state index in [2.05, 4.69) is 17.2 Å². The van der Waals surface area contributed by atoms with Gasteiger partial charge >= 0.3 is 0 Å². The number of hydrogen-bond donors (Lipinski definition) is 1. The van der Waals surface area contributed by atoms with Crippen molar-refractivity contribution in [1.29, 1.82) is 0 Å². The van der Waals surface area contributed by atoms with Gasteiger partial charge in [-0.1, -0.05) is 6.92 Å². The molecule has 1 unspecified atom stereocenters. The topological polar surface area (TPSA) is 12.0 Å². The van der Waals surface area contributed by atoms with Gasteiger partial charge in [-0.25, -0.2) is 8.78 Å². The van der Waals surface area contributed by atoms with Gasteiger partial charge in [-0.05, 0) is 31.2 Å². The maximum Gasteiger partial charge on any atom is 0.126 e. The number of hydrogen-bond acceptors (Lipinski definition) is 1. The first-order chi connectivity index (χ1) is 7.67. The van der Waals surface area contributed by atoms with E-state index in [-0.39, 0.29) is 6.04 Å². The Morgan fingerprint density at radius 2 is 1.88 bits per heavy atom. The van der Waals surface area contributed by atoms with Gasteiger partial charge in [-0.15, -0.1) is 11.8 Å². The molecule has 0 aromatic heterocycles. The van der Waals surface area contributed by atoms with Crippen molar-refractivity contribution >= 4 is 0 Å². The molecule has 0 radical (unpaired) electrons. The first kappa shape index (κ1) is 12.7. The Kier molecular flexibility index (Phi) is 4.94. The van der Waals surface area contributed by atoms with Crippen molar-refractivity contribution in [3.05, 3.63) is 35.4 Å². The molecule has 16 heavy (non-hydrogen) atoms. The summed E-state index contributed by atoms with van der Waals surface area (Å²) < 4.78 is 26.1. The van der Waals surface area contributed by atoms with E-state index < -0.39 is 11.6 Å². The summed E-state index contributed by atoms with van der Waals surface area (Å²) in [5.74, 6) is 4.58. The summed E-state index contributed by atoms with van der Waals surface area (Å²) in [6.45, 7) is 4.42. The molecule has 1 N–H and O–H groups in total. The zero-order valence-electron chi connectivity index (χ0n) is 9.48. The monoisotopic (exact) mass is 223 g/mol. The molecule has 0 fully saturated rings. The summed E-state index contributed by atoms with van der Waals surface area (Å²) in [7, 11) is 0. The van der Waals surface area contributed by atoms with Gasteiger partial charge in [0.1, 0.15) is 11.6 Å². The summed E-state index contributed by atoms with van der Waals surface area (Å²) in [6, 6.07) is 3.43. The van der Waals surface area contributed by atoms with Crippen molar-refractivity contribution in [2.24, 2.45) is 0 Å². The minimum absolute atomic E-state index is 0.123. The van der Waals surface area contributed by atoms with Crippen molar-refractivity contribution in [2.45, 2.75) is 26.3 Å². The standard InChI is InChI=1S/C13H15F2N/c1-3-5-6-13(16-4-2)10-7-11(14)9-12(15)8-10/h7-9,13,16H,4,6H2,1-2H3. The lowest BCUT2D eigenvalue weighted by atomic mass is 10.0. The van der Waals surface area contributed by atoms with Crippen LogP contribution in [0.3, 0.4) is 0 Å². The third-order valence-electron chi connectivity index (χ3n) is 2.22. The van der Waals surface area contributed by atoms with E-state index >= 15 is 0 Å². The van der Waals surface area contributed by atoms with Gasteiger partial charge in [-0.3, -0.25) is 0 Å². The number of benzene rings is 1. The van der Waals surface area contributed by atoms with Crippen LogP contribution in [0.25, 0.3) is 0 Å². The number of rotatable bonds is 4. The van der Waals surface area contributed by atoms with E-state index in [0.717, 1.165) is 12.6 Å². The first-order valence-corrected chi connectivity index (χ1v) is 5.26. The SMILES string of the molecule is CC#CCC(NCC)c1cc(F)cc(F)c1. The van der Waals surface area contributed by atoms with Crippen molar-refractivity contribution < 1.29 is 8.78 Å². The van der Waals surface area contributed by atoms with Gasteiger partial charge in [0.15, 0.2) is 0 Å². The van der Waals surface area contributed by atoms with Crippen molar-refractivity contribution in [3.63, 3.8) is 0 Å². The molecule has 0 aliphatic rings. The lowest BCUT2D eigenvalue weighted by Gasteiger charge is -2.15. The maximum absolute atomic E-state index is 13.0. The Balaban J connectivity index is 2.93. The Morgan fingerprint density at radius 3 is 2.38 bits per heavy atom. The lowest BCUT2D eigenvalue weighted by molar-refractivity contribution is 0.539. The molecule has 0 heterocycles. The second-order valence-electron chi connectivity index (χ2n) is 3.44. The minimum atomic E-state index is -0.553. The average molecular weight is 223 g/mol. The van der Waals surface area contributed by atoms with E-state index in [9.17, 15) is 8.78 Å². The molecule has 0 saturated carbocycles. The molecule has 86 valence electrons. The van der Waals surface area contributed by atoms with E-state index in [1.54, 1.807) is 6.92 Å². The molecule has 0 spiro atoms. The van der Waals surface area contributed by atoms with Crippen LogP contribution in [0.15, 0.2) is 18.2 Å². The van der Waals surface area contributed by atoms with Crippen LogP contribution in [0.4, 0.5) is 8.78 Å². The summed E-state index contributed by atoms with van der Waals surface area (Å²) in [5, 5.41) is 3.15. The van der Waals surface area contributed by atoms with Crippen LogP contribution in [-0.4, -0.2) is 6.54 Å². The molecule has 3 heteroatoms. The molecular formula is C13H15F2N. The highest BCUT2D eigenvalue weighted by Gasteiger charge is 2.11. The number of nitrogens with one attached hydrogen (secondary N) is 1. The summed E-state index contributed by atoms with van der Waals surface area (Å²) in [6.07, 6.45) is 0.549. The largest absolute Gasteiger partial charge is 0.309 e. The van der Waals surface area contributed by atoms with Crippen LogP contribution in [0.2, 0.25) is 0 Å². The molecule has 0 aliphatic heterocycles. The van der Waals surface area contributed by atoms with E-state index in [4.69, 9.17) is 0 Å². The van der Waals surface area contributed by atoms with Gasteiger partial charge in [-0.2, -0.15) is 0 Å². The molecule has 1 nitrogen and oxygen atoms in total. The predicted molar refractivity (Wildman–Crippen MR) is 60.8 cm³/mol. The van der Waals surface area contributed by atoms with Crippen LogP contribution < -0.4 is 5.32 Å². The Morgan fingerprint density at radius 1 is 1.25 bits per heavy atom. The fourth-order valence-corrected chi connectivity index (χ4v) is 1.53. The highest BCUT2D eigenvalue weighted by Crippen LogP contribution is 2.18. The van der Waals surface area contributed by atoms with Gasteiger partial charge < -0.3 is 5.32 Å². The number of halogens is 2.